The Morgan fingerprint density at radius 2 is 2.50 bits per heavy atom. The first-order valence-electron chi connectivity index (χ1n) is 4.67. The van der Waals surface area contributed by atoms with Gasteiger partial charge < -0.3 is 0 Å². The second-order valence-electron chi connectivity index (χ2n) is 4.16. The van der Waals surface area contributed by atoms with Crippen molar-refractivity contribution in [1.82, 2.24) is 15.2 Å². The van der Waals surface area contributed by atoms with Crippen LogP contribution in [-0.2, 0) is 7.05 Å². The molecule has 2 rings (SSSR count). The first-order valence-corrected chi connectivity index (χ1v) is 4.67. The highest BCUT2D eigenvalue weighted by Crippen LogP contribution is 2.56. The van der Waals surface area contributed by atoms with Crippen LogP contribution in [0.2, 0.25) is 0 Å². The molecule has 1 heterocycles. The molecule has 0 aromatic carbocycles. The van der Waals surface area contributed by atoms with Crippen LogP contribution in [0.25, 0.3) is 0 Å². The summed E-state index contributed by atoms with van der Waals surface area (Å²) in [4.78, 5) is 0. The van der Waals surface area contributed by atoms with Gasteiger partial charge in [0.25, 0.3) is 0 Å². The number of nitrogens with two attached hydrogens (primary N) is 1. The molecule has 1 aromatic heterocycles. The molecule has 1 aliphatic rings. The lowest BCUT2D eigenvalue weighted by atomic mass is 9.96. The standard InChI is InChI=1S/C9H15FN4/c1-9(5-7(9)10)8(13-11)6-3-4-12-14(6)2/h3-4,7-8,13H,5,11H2,1-2H3. The first-order chi connectivity index (χ1) is 6.59. The lowest BCUT2D eigenvalue weighted by molar-refractivity contribution is 0.285. The number of hydrogen-bond donors (Lipinski definition) is 2. The van der Waals surface area contributed by atoms with Crippen LogP contribution in [0, 0.1) is 5.41 Å². The van der Waals surface area contributed by atoms with E-state index in [1.165, 1.54) is 0 Å². The van der Waals surface area contributed by atoms with Crippen LogP contribution in [0.3, 0.4) is 0 Å². The monoisotopic (exact) mass is 198 g/mol. The number of aromatic nitrogens is 2. The Kier molecular flexibility index (Phi) is 2.08. The van der Waals surface area contributed by atoms with Crippen LogP contribution in [0.4, 0.5) is 4.39 Å². The van der Waals surface area contributed by atoms with Gasteiger partial charge in [0.2, 0.25) is 0 Å². The van der Waals surface area contributed by atoms with Gasteiger partial charge in [0.05, 0.1) is 11.7 Å². The molecular weight excluding hydrogens is 183 g/mol. The Balaban J connectivity index is 2.27. The molecule has 3 atom stereocenters. The number of nitrogens with one attached hydrogen (secondary N) is 1. The number of hydrazine groups is 1. The molecule has 3 unspecified atom stereocenters. The summed E-state index contributed by atoms with van der Waals surface area (Å²) >= 11 is 0. The molecular formula is C9H15FN4. The van der Waals surface area contributed by atoms with Gasteiger partial charge in [-0.3, -0.25) is 16.0 Å². The molecule has 0 radical (unpaired) electrons. The molecule has 0 amide bonds. The Labute approximate surface area is 82.2 Å². The molecule has 0 spiro atoms. The van der Waals surface area contributed by atoms with Gasteiger partial charge >= 0.3 is 0 Å². The second kappa shape index (κ2) is 3.03. The minimum Gasteiger partial charge on any atom is -0.271 e. The summed E-state index contributed by atoms with van der Waals surface area (Å²) in [6, 6.07) is 1.70. The lowest BCUT2D eigenvalue weighted by Gasteiger charge is -2.22. The molecule has 4 nitrogen and oxygen atoms in total. The third kappa shape index (κ3) is 1.24. The van der Waals surface area contributed by atoms with Gasteiger partial charge in [-0.1, -0.05) is 6.92 Å². The zero-order valence-corrected chi connectivity index (χ0v) is 8.37. The fourth-order valence-electron chi connectivity index (χ4n) is 1.91. The van der Waals surface area contributed by atoms with Crippen molar-refractivity contribution in [2.24, 2.45) is 18.3 Å². The number of nitrogens with zero attached hydrogens (tertiary/aromatic N) is 2. The molecule has 1 aliphatic carbocycles. The van der Waals surface area contributed by atoms with E-state index in [2.05, 4.69) is 10.5 Å². The largest absolute Gasteiger partial charge is 0.271 e. The minimum atomic E-state index is -0.765. The van der Waals surface area contributed by atoms with Gasteiger partial charge in [-0.15, -0.1) is 0 Å². The van der Waals surface area contributed by atoms with Crippen molar-refractivity contribution >= 4 is 0 Å². The lowest BCUT2D eigenvalue weighted by Crippen LogP contribution is -2.35. The number of aryl methyl sites for hydroxylation is 1. The van der Waals surface area contributed by atoms with Crippen molar-refractivity contribution in [2.45, 2.75) is 25.6 Å². The van der Waals surface area contributed by atoms with Crippen LogP contribution in [-0.4, -0.2) is 16.0 Å². The zero-order valence-electron chi connectivity index (χ0n) is 8.37. The quantitative estimate of drug-likeness (QED) is 0.554. The van der Waals surface area contributed by atoms with E-state index in [9.17, 15) is 4.39 Å². The highest BCUT2D eigenvalue weighted by molar-refractivity contribution is 5.18. The fraction of sp³-hybridized carbons (Fsp3) is 0.667. The predicted molar refractivity (Wildman–Crippen MR) is 50.9 cm³/mol. The predicted octanol–water partition coefficient (Wildman–Crippen LogP) is 0.673. The second-order valence-corrected chi connectivity index (χ2v) is 4.16. The minimum absolute atomic E-state index is 0.162. The highest BCUT2D eigenvalue weighted by atomic mass is 19.1. The molecule has 1 fully saturated rings. The molecule has 78 valence electrons. The van der Waals surface area contributed by atoms with Crippen LogP contribution in [0.5, 0.6) is 0 Å². The molecule has 0 saturated heterocycles. The van der Waals surface area contributed by atoms with Crippen molar-refractivity contribution in [3.05, 3.63) is 18.0 Å². The van der Waals surface area contributed by atoms with E-state index in [0.29, 0.717) is 6.42 Å². The number of halogens is 1. The van der Waals surface area contributed by atoms with Gasteiger partial charge in [-0.25, -0.2) is 4.39 Å². The normalized spacial score (nSPS) is 33.0. The third-order valence-corrected chi connectivity index (χ3v) is 3.16. The number of alkyl halides is 1. The fourth-order valence-corrected chi connectivity index (χ4v) is 1.91. The van der Waals surface area contributed by atoms with E-state index in [4.69, 9.17) is 5.84 Å². The summed E-state index contributed by atoms with van der Waals surface area (Å²) in [6.45, 7) is 1.90. The topological polar surface area (TPSA) is 55.9 Å². The maximum absolute atomic E-state index is 13.2. The van der Waals surface area contributed by atoms with Crippen molar-refractivity contribution < 1.29 is 4.39 Å². The van der Waals surface area contributed by atoms with E-state index in [-0.39, 0.29) is 11.5 Å². The smallest absolute Gasteiger partial charge is 0.108 e. The van der Waals surface area contributed by atoms with E-state index >= 15 is 0 Å². The average Bonchev–Trinajstić information content (AvgIpc) is 2.57. The summed E-state index contributed by atoms with van der Waals surface area (Å²) in [5, 5.41) is 4.05. The molecule has 0 bridgehead atoms. The van der Waals surface area contributed by atoms with Crippen molar-refractivity contribution in [3.63, 3.8) is 0 Å². The van der Waals surface area contributed by atoms with E-state index in [0.717, 1.165) is 5.69 Å². The highest BCUT2D eigenvalue weighted by Gasteiger charge is 2.57. The van der Waals surface area contributed by atoms with Crippen LogP contribution in [0.15, 0.2) is 12.3 Å². The van der Waals surface area contributed by atoms with Gasteiger partial charge in [0.1, 0.15) is 6.17 Å². The summed E-state index contributed by atoms with van der Waals surface area (Å²) in [5.41, 5.74) is 3.23. The van der Waals surface area contributed by atoms with Crippen LogP contribution < -0.4 is 11.3 Å². The number of rotatable bonds is 3. The Bertz CT molecular complexity index is 337. The van der Waals surface area contributed by atoms with Gasteiger partial charge in [0.15, 0.2) is 0 Å². The van der Waals surface area contributed by atoms with E-state index in [1.54, 1.807) is 10.9 Å². The maximum atomic E-state index is 13.2. The van der Waals surface area contributed by atoms with Crippen LogP contribution in [0.1, 0.15) is 25.1 Å². The Morgan fingerprint density at radius 1 is 1.86 bits per heavy atom. The molecule has 1 aromatic rings. The summed E-state index contributed by atoms with van der Waals surface area (Å²) in [7, 11) is 1.83. The molecule has 1 saturated carbocycles. The van der Waals surface area contributed by atoms with Crippen LogP contribution >= 0.6 is 0 Å². The Hall–Kier alpha value is -0.940. The van der Waals surface area contributed by atoms with Gasteiger partial charge in [-0.05, 0) is 12.5 Å². The molecule has 0 aliphatic heterocycles. The van der Waals surface area contributed by atoms with Crippen molar-refractivity contribution in [1.29, 1.82) is 0 Å². The summed E-state index contributed by atoms with van der Waals surface area (Å²) < 4.78 is 14.9. The van der Waals surface area contributed by atoms with E-state index in [1.807, 2.05) is 20.0 Å². The SMILES string of the molecule is Cn1nccc1C(NN)C1(C)CC1F. The maximum Gasteiger partial charge on any atom is 0.108 e. The summed E-state index contributed by atoms with van der Waals surface area (Å²) in [6.07, 6.45) is 1.49. The van der Waals surface area contributed by atoms with Gasteiger partial charge in [-0.2, -0.15) is 5.10 Å². The van der Waals surface area contributed by atoms with Gasteiger partial charge in [0, 0.05) is 18.7 Å². The number of hydrogen-bond acceptors (Lipinski definition) is 3. The molecule has 5 heteroatoms. The zero-order chi connectivity index (χ0) is 10.3. The van der Waals surface area contributed by atoms with Crippen molar-refractivity contribution in [3.8, 4) is 0 Å². The first kappa shape index (κ1) is 9.61. The molecule has 14 heavy (non-hydrogen) atoms. The third-order valence-electron chi connectivity index (χ3n) is 3.16. The Morgan fingerprint density at radius 3 is 2.86 bits per heavy atom. The molecule has 3 N–H and O–H groups in total. The average molecular weight is 198 g/mol. The van der Waals surface area contributed by atoms with Crippen molar-refractivity contribution in [2.75, 3.05) is 0 Å². The van der Waals surface area contributed by atoms with E-state index < -0.39 is 6.17 Å². The summed E-state index contributed by atoms with van der Waals surface area (Å²) in [5.74, 6) is 5.46.